The number of hydrogen-bond acceptors (Lipinski definition) is 4. The van der Waals surface area contributed by atoms with Gasteiger partial charge in [0.05, 0.1) is 16.1 Å². The molecule has 2 aromatic carbocycles. The monoisotopic (exact) mass is 324 g/mol. The molecule has 0 aliphatic rings. The number of aryl methyl sites for hydroxylation is 1. The molecule has 0 bridgehead atoms. The Morgan fingerprint density at radius 1 is 1.17 bits per heavy atom. The normalized spacial score (nSPS) is 12.1. The first-order chi connectivity index (χ1) is 11.5. The van der Waals surface area contributed by atoms with Crippen LogP contribution in [0.2, 0.25) is 0 Å². The first kappa shape index (κ1) is 15.7. The summed E-state index contributed by atoms with van der Waals surface area (Å²) in [6.45, 7) is 1.63. The fraction of sp³-hybridized carbons (Fsp3) is 0.167. The third-order valence-electron chi connectivity index (χ3n) is 3.97. The molecule has 0 aliphatic carbocycles. The average molecular weight is 324 g/mol. The molecule has 0 spiro atoms. The van der Waals surface area contributed by atoms with Crippen LogP contribution >= 0.6 is 0 Å². The lowest BCUT2D eigenvalue weighted by molar-refractivity contribution is -0.386. The van der Waals surface area contributed by atoms with Gasteiger partial charge in [-0.05, 0) is 19.1 Å². The van der Waals surface area contributed by atoms with Gasteiger partial charge in [-0.25, -0.2) is 4.79 Å². The smallest absolute Gasteiger partial charge is 0.340 e. The summed E-state index contributed by atoms with van der Waals surface area (Å²) in [5.41, 5.74) is 1.67. The first-order valence-electron chi connectivity index (χ1n) is 7.47. The zero-order valence-electron chi connectivity index (χ0n) is 13.3. The van der Waals surface area contributed by atoms with Crippen LogP contribution in [-0.4, -0.2) is 15.5 Å². The maximum absolute atomic E-state index is 12.5. The van der Waals surface area contributed by atoms with Gasteiger partial charge in [-0.15, -0.1) is 0 Å². The number of hydrogen-bond donors (Lipinski definition) is 0. The Hall–Kier alpha value is -3.15. The molecular weight excluding hydrogens is 308 g/mol. The molecule has 0 unspecified atom stereocenters. The molecule has 1 aromatic heterocycles. The molecule has 6 nitrogen and oxygen atoms in total. The minimum atomic E-state index is -0.724. The molecule has 122 valence electrons. The Labute approximate surface area is 138 Å². The van der Waals surface area contributed by atoms with Crippen molar-refractivity contribution in [1.29, 1.82) is 0 Å². The van der Waals surface area contributed by atoms with E-state index in [2.05, 4.69) is 0 Å². The quantitative estimate of drug-likeness (QED) is 0.413. The number of fused-ring (bicyclic) bond motifs is 1. The highest BCUT2D eigenvalue weighted by Gasteiger charge is 2.23. The second-order valence-corrected chi connectivity index (χ2v) is 5.53. The minimum absolute atomic E-state index is 0.0595. The van der Waals surface area contributed by atoms with Gasteiger partial charge >= 0.3 is 5.97 Å². The van der Waals surface area contributed by atoms with Gasteiger partial charge in [0, 0.05) is 30.2 Å². The fourth-order valence-corrected chi connectivity index (χ4v) is 2.79. The second-order valence-electron chi connectivity index (χ2n) is 5.53. The average Bonchev–Trinajstić information content (AvgIpc) is 2.92. The van der Waals surface area contributed by atoms with Gasteiger partial charge in [0.15, 0.2) is 0 Å². The van der Waals surface area contributed by atoms with E-state index in [1.54, 1.807) is 31.3 Å². The van der Waals surface area contributed by atoms with E-state index in [0.717, 1.165) is 10.9 Å². The van der Waals surface area contributed by atoms with Crippen LogP contribution in [0.4, 0.5) is 5.69 Å². The molecule has 0 aliphatic heterocycles. The van der Waals surface area contributed by atoms with Crippen molar-refractivity contribution in [1.82, 2.24) is 4.57 Å². The summed E-state index contributed by atoms with van der Waals surface area (Å²) in [6.07, 6.45) is 0.983. The minimum Gasteiger partial charge on any atom is -0.454 e. The molecule has 0 amide bonds. The molecule has 24 heavy (non-hydrogen) atoms. The maximum atomic E-state index is 12.5. The van der Waals surface area contributed by atoms with E-state index in [9.17, 15) is 14.9 Å². The van der Waals surface area contributed by atoms with E-state index >= 15 is 0 Å². The standard InChI is InChI=1S/C18H16N2O4/c1-12(13-7-3-6-10-17(13)20(22)23)24-18(21)15-11-19(2)16-9-5-4-8-14(15)16/h3-12H,1-2H3/t12-/m1/s1. The third-order valence-corrected chi connectivity index (χ3v) is 3.97. The molecule has 6 heteroatoms. The van der Waals surface area contributed by atoms with Crippen molar-refractivity contribution in [2.45, 2.75) is 13.0 Å². The molecule has 0 N–H and O–H groups in total. The summed E-state index contributed by atoms with van der Waals surface area (Å²) in [5.74, 6) is -0.502. The van der Waals surface area contributed by atoms with Gasteiger partial charge in [0.25, 0.3) is 5.69 Å². The van der Waals surface area contributed by atoms with Crippen LogP contribution in [0.15, 0.2) is 54.7 Å². The lowest BCUT2D eigenvalue weighted by Crippen LogP contribution is -2.10. The Morgan fingerprint density at radius 3 is 2.58 bits per heavy atom. The number of nitrogens with zero attached hydrogens (tertiary/aromatic N) is 2. The number of para-hydroxylation sites is 2. The lowest BCUT2D eigenvalue weighted by Gasteiger charge is -2.13. The summed E-state index contributed by atoms with van der Waals surface area (Å²) in [7, 11) is 1.85. The Balaban J connectivity index is 1.91. The van der Waals surface area contributed by atoms with Crippen LogP contribution in [-0.2, 0) is 11.8 Å². The number of carbonyl (C=O) groups is 1. The Bertz CT molecular complexity index is 930. The topological polar surface area (TPSA) is 74.4 Å². The number of carbonyl (C=O) groups excluding carboxylic acids is 1. The number of rotatable bonds is 4. The molecule has 0 radical (unpaired) electrons. The van der Waals surface area contributed by atoms with Crippen molar-refractivity contribution >= 4 is 22.6 Å². The van der Waals surface area contributed by atoms with Crippen molar-refractivity contribution in [3.63, 3.8) is 0 Å². The fourth-order valence-electron chi connectivity index (χ4n) is 2.79. The van der Waals surface area contributed by atoms with E-state index in [-0.39, 0.29) is 5.69 Å². The van der Waals surface area contributed by atoms with Crippen molar-refractivity contribution in [3.8, 4) is 0 Å². The first-order valence-corrected chi connectivity index (χ1v) is 7.47. The van der Waals surface area contributed by atoms with E-state index in [4.69, 9.17) is 4.74 Å². The van der Waals surface area contributed by atoms with Crippen LogP contribution in [0.3, 0.4) is 0 Å². The SMILES string of the molecule is C[C@@H](OC(=O)c1cn(C)c2ccccc12)c1ccccc1[N+](=O)[O-]. The summed E-state index contributed by atoms with van der Waals surface area (Å²) < 4.78 is 7.33. The second kappa shape index (κ2) is 6.16. The molecule has 0 saturated heterocycles. The number of ether oxygens (including phenoxy) is 1. The van der Waals surface area contributed by atoms with Crippen LogP contribution in [0, 0.1) is 10.1 Å². The van der Waals surface area contributed by atoms with Crippen molar-refractivity contribution < 1.29 is 14.5 Å². The van der Waals surface area contributed by atoms with Gasteiger partial charge in [0.2, 0.25) is 0 Å². The highest BCUT2D eigenvalue weighted by Crippen LogP contribution is 2.29. The number of esters is 1. The van der Waals surface area contributed by atoms with Crippen LogP contribution in [0.25, 0.3) is 10.9 Å². The molecular formula is C18H16N2O4. The van der Waals surface area contributed by atoms with Crippen molar-refractivity contribution in [3.05, 3.63) is 76.0 Å². The molecule has 0 saturated carbocycles. The highest BCUT2D eigenvalue weighted by molar-refractivity contribution is 6.04. The zero-order chi connectivity index (χ0) is 17.3. The Morgan fingerprint density at radius 2 is 1.83 bits per heavy atom. The van der Waals surface area contributed by atoms with Crippen molar-refractivity contribution in [2.24, 2.45) is 7.05 Å². The number of nitro groups is 1. The van der Waals surface area contributed by atoms with E-state index in [1.807, 2.05) is 35.9 Å². The number of aromatic nitrogens is 1. The summed E-state index contributed by atoms with van der Waals surface area (Å²) in [6, 6.07) is 13.8. The zero-order valence-corrected chi connectivity index (χ0v) is 13.3. The van der Waals surface area contributed by atoms with Gasteiger partial charge in [0.1, 0.15) is 6.10 Å². The molecule has 3 rings (SSSR count). The molecule has 1 atom stereocenters. The van der Waals surface area contributed by atoms with E-state index in [1.165, 1.54) is 6.07 Å². The van der Waals surface area contributed by atoms with Gasteiger partial charge < -0.3 is 9.30 Å². The summed E-state index contributed by atoms with van der Waals surface area (Å²) >= 11 is 0. The summed E-state index contributed by atoms with van der Waals surface area (Å²) in [5, 5.41) is 11.9. The van der Waals surface area contributed by atoms with Crippen molar-refractivity contribution in [2.75, 3.05) is 0 Å². The predicted molar refractivity (Wildman–Crippen MR) is 89.8 cm³/mol. The largest absolute Gasteiger partial charge is 0.454 e. The molecule has 0 fully saturated rings. The molecule has 1 heterocycles. The van der Waals surface area contributed by atoms with E-state index in [0.29, 0.717) is 11.1 Å². The number of benzene rings is 2. The molecule has 3 aromatic rings. The van der Waals surface area contributed by atoms with Gasteiger partial charge in [-0.3, -0.25) is 10.1 Å². The van der Waals surface area contributed by atoms with E-state index < -0.39 is 17.0 Å². The summed E-state index contributed by atoms with van der Waals surface area (Å²) in [4.78, 5) is 23.2. The highest BCUT2D eigenvalue weighted by atomic mass is 16.6. The van der Waals surface area contributed by atoms with Crippen LogP contribution < -0.4 is 0 Å². The third kappa shape index (κ3) is 2.74. The predicted octanol–water partition coefficient (Wildman–Crippen LogP) is 4.00. The number of nitro benzene ring substituents is 1. The Kier molecular flexibility index (Phi) is 4.04. The van der Waals surface area contributed by atoms with Gasteiger partial charge in [-0.2, -0.15) is 0 Å². The maximum Gasteiger partial charge on any atom is 0.340 e. The van der Waals surface area contributed by atoms with Gasteiger partial charge in [-0.1, -0.05) is 30.3 Å². The van der Waals surface area contributed by atoms with Crippen LogP contribution in [0.1, 0.15) is 28.9 Å². The van der Waals surface area contributed by atoms with Crippen LogP contribution in [0.5, 0.6) is 0 Å². The lowest BCUT2D eigenvalue weighted by atomic mass is 10.1.